The Balaban J connectivity index is 0.424. The molecule has 6 saturated heterocycles. The van der Waals surface area contributed by atoms with Crippen LogP contribution in [0.4, 0.5) is 34.6 Å². The summed E-state index contributed by atoms with van der Waals surface area (Å²) in [5, 5.41) is 81.2. The SMILES string of the molecule is C#Cc1ccc(CNC(=O)[C@@H]2C[C@@H](O)CN2C(=O)[C@@H](NC(=O)[C@H]2CCC3(CC2)C[C@H](N2CCC(c4ccc(N5CCN6c7cc(-c8ccccc8O)nnc7NC[C@H]6C5)nc4)CC2)C3)C(C)(C)Cc2cc(CNC(=O)[C@@H]3C[C@@H](O)CN3C(=O)[C@@H](NC(=O)[C@H]3CCC4(CC3)C[C@H](N3CCC(c5ccc(N6CCN7c8cc(-c9ccccc9O)nnc8NC[C@H]7C6)nc5)CC3)C4)C(C)(C)C)ccc2C#C)cc1. The van der Waals surface area contributed by atoms with Gasteiger partial charge in [-0.25, -0.2) is 9.97 Å². The quantitative estimate of drug-likeness (QED) is 0.0266. The molecule has 0 radical (unpaired) electrons. The lowest BCUT2D eigenvalue weighted by Crippen LogP contribution is -2.60. The Morgan fingerprint density at radius 2 is 0.929 bits per heavy atom. The van der Waals surface area contributed by atoms with Crippen molar-refractivity contribution in [2.45, 2.75) is 242 Å². The van der Waals surface area contributed by atoms with Crippen LogP contribution in [0, 0.1) is 58.2 Å². The highest BCUT2D eigenvalue weighted by atomic mass is 16.3. The van der Waals surface area contributed by atoms with Crippen molar-refractivity contribution in [2.75, 3.05) is 122 Å². The van der Waals surface area contributed by atoms with Crippen molar-refractivity contribution < 1.29 is 49.2 Å². The van der Waals surface area contributed by atoms with Gasteiger partial charge in [0, 0.05) is 150 Å². The van der Waals surface area contributed by atoms with Crippen LogP contribution in [0.1, 0.15) is 201 Å². The molecule has 30 heteroatoms. The predicted molar refractivity (Wildman–Crippen MR) is 538 cm³/mol. The molecule has 6 amide bonds. The number of β-amino-alcohol motifs (C(OH)–C–C–N with tert-alkyl or cyclic N) is 2. The third kappa shape index (κ3) is 19.8. The van der Waals surface area contributed by atoms with E-state index < -0.39 is 70.8 Å². The maximum Gasteiger partial charge on any atom is 0.246 e. The number of aromatic nitrogens is 6. The summed E-state index contributed by atoms with van der Waals surface area (Å²) in [6, 6.07) is 37.4. The van der Waals surface area contributed by atoms with Crippen LogP contribution in [-0.4, -0.2) is 258 Å². The molecule has 4 saturated carbocycles. The first-order chi connectivity index (χ1) is 67.6. The highest BCUT2D eigenvalue weighted by Crippen LogP contribution is 2.57. The van der Waals surface area contributed by atoms with Gasteiger partial charge in [0.1, 0.15) is 47.3 Å². The van der Waals surface area contributed by atoms with Crippen molar-refractivity contribution in [2.24, 2.45) is 33.5 Å². The number of aliphatic hydroxyl groups excluding tert-OH is 2. The molecule has 8 aliphatic heterocycles. The third-order valence-electron chi connectivity index (χ3n) is 33.7. The Kier molecular flexibility index (Phi) is 26.9. The van der Waals surface area contributed by atoms with Gasteiger partial charge >= 0.3 is 0 Å². The van der Waals surface area contributed by atoms with E-state index in [-0.39, 0.29) is 104 Å². The number of amides is 6. The predicted octanol–water partition coefficient (Wildman–Crippen LogP) is 10.9. The zero-order chi connectivity index (χ0) is 97.0. The van der Waals surface area contributed by atoms with E-state index >= 15 is 14.4 Å². The summed E-state index contributed by atoms with van der Waals surface area (Å²) in [4.78, 5) is 117. The van der Waals surface area contributed by atoms with E-state index in [0.29, 0.717) is 81.5 Å². The smallest absolute Gasteiger partial charge is 0.246 e. The van der Waals surface area contributed by atoms with Crippen LogP contribution in [0.5, 0.6) is 11.5 Å². The Labute approximate surface area is 820 Å². The van der Waals surface area contributed by atoms with Crippen molar-refractivity contribution in [1.29, 1.82) is 0 Å². The molecule has 2 spiro atoms. The largest absolute Gasteiger partial charge is 0.507 e. The summed E-state index contributed by atoms with van der Waals surface area (Å²) in [6.45, 7) is 20.0. The number of aliphatic hydroxyl groups is 2. The fraction of sp³-hybridized carbons (Fsp3) is 0.527. The number of carbonyl (C=O) groups is 6. The average Bonchev–Trinajstić information content (AvgIpc) is 0.859. The number of phenols is 2. The minimum atomic E-state index is -1.18. The molecular formula is C110H134N20O10. The van der Waals surface area contributed by atoms with E-state index in [9.17, 15) is 34.8 Å². The molecule has 4 aliphatic carbocycles. The lowest BCUT2D eigenvalue weighted by atomic mass is 9.56. The number of nitrogens with one attached hydrogen (secondary N) is 6. The summed E-state index contributed by atoms with van der Waals surface area (Å²) < 4.78 is 0. The summed E-state index contributed by atoms with van der Waals surface area (Å²) in [7, 11) is 0. The zero-order valence-corrected chi connectivity index (χ0v) is 81.3. The molecule has 30 nitrogen and oxygen atoms in total. The van der Waals surface area contributed by atoms with E-state index in [1.165, 1.54) is 20.9 Å². The summed E-state index contributed by atoms with van der Waals surface area (Å²) in [5.41, 5.74) is 9.07. The molecule has 140 heavy (non-hydrogen) atoms. The summed E-state index contributed by atoms with van der Waals surface area (Å²) in [6.07, 6.45) is 29.5. The van der Waals surface area contributed by atoms with Crippen molar-refractivity contribution >= 4 is 70.1 Å². The van der Waals surface area contributed by atoms with E-state index in [1.54, 1.807) is 42.5 Å². The average molecular weight is 1900 g/mol. The van der Waals surface area contributed by atoms with E-state index in [2.05, 4.69) is 130 Å². The van der Waals surface area contributed by atoms with Crippen molar-refractivity contribution in [3.05, 3.63) is 179 Å². The van der Waals surface area contributed by atoms with Gasteiger partial charge in [-0.2, -0.15) is 0 Å². The van der Waals surface area contributed by atoms with Crippen molar-refractivity contribution in [3.8, 4) is 58.7 Å². The van der Waals surface area contributed by atoms with Crippen LogP contribution < -0.4 is 51.5 Å². The van der Waals surface area contributed by atoms with Crippen LogP contribution >= 0.6 is 0 Å². The van der Waals surface area contributed by atoms with E-state index in [4.69, 9.17) is 22.8 Å². The van der Waals surface area contributed by atoms with Gasteiger partial charge in [0.05, 0.1) is 47.1 Å². The number of hydrogen-bond acceptors (Lipinski definition) is 24. The summed E-state index contributed by atoms with van der Waals surface area (Å²) in [5.74, 6) is 7.33. The van der Waals surface area contributed by atoms with Crippen molar-refractivity contribution in [3.63, 3.8) is 0 Å². The maximum atomic E-state index is 15.7. The van der Waals surface area contributed by atoms with Crippen LogP contribution in [0.15, 0.2) is 140 Å². The van der Waals surface area contributed by atoms with Gasteiger partial charge in [-0.1, -0.05) is 107 Å². The number of phenolic OH excluding ortho intramolecular Hbond substituents is 2. The first-order valence-electron chi connectivity index (χ1n) is 51.1. The third-order valence-corrected chi connectivity index (χ3v) is 33.7. The minimum Gasteiger partial charge on any atom is -0.507 e. The van der Waals surface area contributed by atoms with Crippen molar-refractivity contribution in [1.82, 2.24) is 71.2 Å². The Morgan fingerprint density at radius 3 is 1.36 bits per heavy atom. The summed E-state index contributed by atoms with van der Waals surface area (Å²) >= 11 is 0. The van der Waals surface area contributed by atoms with Gasteiger partial charge in [0.25, 0.3) is 0 Å². The molecule has 734 valence electrons. The number of likely N-dealkylation sites (tertiary alicyclic amines) is 4. The second-order valence-corrected chi connectivity index (χ2v) is 44.1. The van der Waals surface area contributed by atoms with Gasteiger partial charge in [-0.15, -0.1) is 33.2 Å². The number of para-hydroxylation sites is 2. The Morgan fingerprint density at radius 1 is 0.486 bits per heavy atom. The molecule has 4 aromatic heterocycles. The van der Waals surface area contributed by atoms with Crippen LogP contribution in [0.2, 0.25) is 0 Å². The first-order valence-corrected chi connectivity index (χ1v) is 51.1. The fourth-order valence-corrected chi connectivity index (χ4v) is 25.4. The number of aromatic hydroxyl groups is 2. The molecule has 0 unspecified atom stereocenters. The van der Waals surface area contributed by atoms with Gasteiger partial charge in [0.15, 0.2) is 11.6 Å². The molecule has 12 aliphatic rings. The fourth-order valence-electron chi connectivity index (χ4n) is 25.4. The van der Waals surface area contributed by atoms with Gasteiger partial charge < -0.3 is 91.5 Å². The van der Waals surface area contributed by atoms with Gasteiger partial charge in [0.2, 0.25) is 35.4 Å². The number of piperazine rings is 2. The second kappa shape index (κ2) is 39.5. The number of rotatable bonds is 23. The lowest BCUT2D eigenvalue weighted by molar-refractivity contribution is -0.145. The number of benzene rings is 4. The highest BCUT2D eigenvalue weighted by molar-refractivity contribution is 5.95. The van der Waals surface area contributed by atoms with Crippen LogP contribution in [0.3, 0.4) is 0 Å². The number of nitrogens with zero attached hydrogens (tertiary/aromatic N) is 14. The molecule has 20 rings (SSSR count). The molecule has 8 aromatic rings. The topological polar surface area (TPSA) is 359 Å². The highest BCUT2D eigenvalue weighted by Gasteiger charge is 2.54. The first kappa shape index (κ1) is 95.1. The number of carbonyl (C=O) groups excluding carboxylic acids is 6. The molecule has 10 N–H and O–H groups in total. The standard InChI is InChI=1S/C110H134N20O10/c1-8-68-18-20-69(21-19-68)58-115-103(137)92-50-84(132)67-130(92)106(140)98(118-102(136)75-30-38-110(39-31-75)56-80(57-110)124-42-34-73(35-43-124)77-25-27-96(112-61-77)126-45-47-128-82(65-126)63-114-100-90(128)52-88(120-122-100)86-15-11-13-17-94(86)134)108(6,7)53-78-48-70(22-23-71(78)9-2)59-116-104(138)91-49-83(131)66-129(91)105(139)97(107(3,4)5)117-101(135)74-28-36-109(37-29-74)54-79(55-109)123-40-32-72(33-41-123)76-24-26-95(111-60-76)125-44-46-127-81(64-125)62-113-99-89(127)51-87(119-121-99)85-14-10-12-16-93(85)133/h1-2,10-27,48,51-52,60-61,72-75,79-84,91-92,97-98,131-134H,28-47,49-50,53-59,62-67H2,3-7H3,(H,113,121)(H,114,122)(H,115,137)(H,116,138)(H,117,135)(H,118,136)/t74-,75-,79-,80-,81-,82-,83+,84+,91-,92-,97+,98+,109?,110?/m0/s1. The number of anilines is 6. The minimum absolute atomic E-state index is 0.000431. The monoisotopic (exact) mass is 1900 g/mol. The number of piperidine rings is 2. The van der Waals surface area contributed by atoms with Gasteiger partial charge in [-0.3, -0.25) is 28.8 Å². The number of terminal acetylenes is 2. The molecule has 8 atom stereocenters. The molecule has 0 bridgehead atoms. The zero-order valence-electron chi connectivity index (χ0n) is 81.3. The maximum absolute atomic E-state index is 15.7. The Bertz CT molecular complexity index is 5990. The molecule has 12 heterocycles. The Hall–Kier alpha value is -12.5. The number of fused-ring (bicyclic) bond motifs is 6. The van der Waals surface area contributed by atoms with E-state index in [0.717, 1.165) is 209 Å². The number of hydrogen-bond donors (Lipinski definition) is 10. The normalized spacial score (nSPS) is 26.4. The molecule has 4 aromatic carbocycles. The lowest BCUT2D eigenvalue weighted by Gasteiger charge is -2.55. The van der Waals surface area contributed by atoms with E-state index in [1.807, 2.05) is 95.3 Å². The van der Waals surface area contributed by atoms with Gasteiger partial charge in [-0.05, 0) is 263 Å². The molecular weight excluding hydrogens is 1760 g/mol. The number of pyridine rings is 2. The molecule has 10 fully saturated rings. The second-order valence-electron chi connectivity index (χ2n) is 44.1. The van der Waals surface area contributed by atoms with Crippen LogP contribution in [-0.2, 0) is 48.3 Å². The van der Waals surface area contributed by atoms with Crippen LogP contribution in [0.25, 0.3) is 22.5 Å².